The van der Waals surface area contributed by atoms with Crippen LogP contribution in [0, 0.1) is 5.92 Å². The summed E-state index contributed by atoms with van der Waals surface area (Å²) in [5.74, 6) is 0.939. The molecule has 0 saturated carbocycles. The second-order valence-electron chi connectivity index (χ2n) is 4.55. The number of alkyl halides is 3. The van der Waals surface area contributed by atoms with E-state index in [9.17, 15) is 13.2 Å². The fraction of sp³-hybridized carbons (Fsp3) is 0.538. The van der Waals surface area contributed by atoms with Crippen LogP contribution in [0.15, 0.2) is 24.3 Å². The molecule has 0 amide bonds. The molecule has 2 rings (SSSR count). The van der Waals surface area contributed by atoms with Crippen molar-refractivity contribution in [2.45, 2.75) is 19.0 Å². The molecular formula is C13H17ClF3NO. The third-order valence-corrected chi connectivity index (χ3v) is 3.07. The van der Waals surface area contributed by atoms with E-state index in [1.165, 1.54) is 12.1 Å². The smallest absolute Gasteiger partial charge is 0.416 e. The summed E-state index contributed by atoms with van der Waals surface area (Å²) in [5, 5.41) is 3.27. The lowest BCUT2D eigenvalue weighted by Gasteiger charge is -2.22. The molecule has 0 bridgehead atoms. The monoisotopic (exact) mass is 295 g/mol. The van der Waals surface area contributed by atoms with E-state index in [1.807, 2.05) is 0 Å². The molecule has 1 heterocycles. The number of nitrogens with one attached hydrogen (secondary N) is 1. The Morgan fingerprint density at radius 3 is 2.42 bits per heavy atom. The summed E-state index contributed by atoms with van der Waals surface area (Å²) < 4.78 is 42.5. The van der Waals surface area contributed by atoms with Crippen LogP contribution in [-0.2, 0) is 6.18 Å². The van der Waals surface area contributed by atoms with Gasteiger partial charge in [-0.1, -0.05) is 0 Å². The zero-order valence-corrected chi connectivity index (χ0v) is 11.2. The van der Waals surface area contributed by atoms with Crippen molar-refractivity contribution in [3.63, 3.8) is 0 Å². The van der Waals surface area contributed by atoms with Crippen LogP contribution in [0.3, 0.4) is 0 Å². The largest absolute Gasteiger partial charge is 0.493 e. The molecule has 1 N–H and O–H groups in total. The molecule has 1 aromatic rings. The lowest BCUT2D eigenvalue weighted by atomic mass is 10.0. The zero-order chi connectivity index (χ0) is 13.0. The second-order valence-corrected chi connectivity index (χ2v) is 4.55. The molecular weight excluding hydrogens is 279 g/mol. The lowest BCUT2D eigenvalue weighted by Crippen LogP contribution is -2.33. The van der Waals surface area contributed by atoms with Crippen molar-refractivity contribution in [1.82, 2.24) is 5.32 Å². The molecule has 2 nitrogen and oxygen atoms in total. The summed E-state index contributed by atoms with van der Waals surface area (Å²) in [4.78, 5) is 0. The SMILES string of the molecule is Cl.FC(F)(F)c1ccc(OCC2CCCNC2)cc1. The molecule has 0 aromatic heterocycles. The molecule has 1 aliphatic rings. The summed E-state index contributed by atoms with van der Waals surface area (Å²) in [6.07, 6.45) is -2.06. The van der Waals surface area contributed by atoms with E-state index in [4.69, 9.17) is 4.74 Å². The van der Waals surface area contributed by atoms with Gasteiger partial charge in [-0.3, -0.25) is 0 Å². The standard InChI is InChI=1S/C13H16F3NO.ClH/c14-13(15,16)11-3-5-12(6-4-11)18-9-10-2-1-7-17-8-10;/h3-6,10,17H,1-2,7-9H2;1H. The van der Waals surface area contributed by atoms with E-state index in [0.29, 0.717) is 18.3 Å². The number of rotatable bonds is 3. The van der Waals surface area contributed by atoms with E-state index < -0.39 is 11.7 Å². The van der Waals surface area contributed by atoms with Crippen molar-refractivity contribution in [1.29, 1.82) is 0 Å². The molecule has 0 aliphatic carbocycles. The van der Waals surface area contributed by atoms with Crippen molar-refractivity contribution < 1.29 is 17.9 Å². The van der Waals surface area contributed by atoms with Crippen molar-refractivity contribution in [2.75, 3.05) is 19.7 Å². The number of ether oxygens (including phenoxy) is 1. The highest BCUT2D eigenvalue weighted by Gasteiger charge is 2.30. The summed E-state index contributed by atoms with van der Waals surface area (Å²) in [6.45, 7) is 2.51. The zero-order valence-electron chi connectivity index (χ0n) is 10.4. The molecule has 6 heteroatoms. The predicted octanol–water partition coefficient (Wildman–Crippen LogP) is 3.51. The van der Waals surface area contributed by atoms with Gasteiger partial charge in [-0.05, 0) is 43.7 Å². The fourth-order valence-corrected chi connectivity index (χ4v) is 2.02. The summed E-state index contributed by atoms with van der Waals surface area (Å²) in [5.41, 5.74) is -0.644. The Kier molecular flexibility index (Phi) is 5.94. The van der Waals surface area contributed by atoms with Crippen molar-refractivity contribution >= 4 is 12.4 Å². The van der Waals surface area contributed by atoms with Gasteiger partial charge in [-0.25, -0.2) is 0 Å². The fourth-order valence-electron chi connectivity index (χ4n) is 2.02. The van der Waals surface area contributed by atoms with E-state index in [0.717, 1.165) is 38.1 Å². The topological polar surface area (TPSA) is 21.3 Å². The van der Waals surface area contributed by atoms with Crippen LogP contribution in [0.1, 0.15) is 18.4 Å². The normalized spacial score (nSPS) is 19.6. The van der Waals surface area contributed by atoms with Crippen LogP contribution in [-0.4, -0.2) is 19.7 Å². The highest BCUT2D eigenvalue weighted by molar-refractivity contribution is 5.85. The summed E-state index contributed by atoms with van der Waals surface area (Å²) in [7, 11) is 0. The van der Waals surface area contributed by atoms with E-state index in [-0.39, 0.29) is 12.4 Å². The van der Waals surface area contributed by atoms with Gasteiger partial charge in [0.25, 0.3) is 0 Å². The average molecular weight is 296 g/mol. The molecule has 1 atom stereocenters. The summed E-state index contributed by atoms with van der Waals surface area (Å²) in [6, 6.07) is 4.85. The number of halogens is 4. The Morgan fingerprint density at radius 1 is 1.21 bits per heavy atom. The first-order valence-corrected chi connectivity index (χ1v) is 6.06. The van der Waals surface area contributed by atoms with Crippen LogP contribution in [0.25, 0.3) is 0 Å². The molecule has 1 unspecified atom stereocenters. The minimum absolute atomic E-state index is 0. The average Bonchev–Trinajstić information content (AvgIpc) is 2.37. The molecule has 1 aliphatic heterocycles. The van der Waals surface area contributed by atoms with Crippen LogP contribution in [0.4, 0.5) is 13.2 Å². The Balaban J connectivity index is 0.00000180. The first-order chi connectivity index (χ1) is 8.55. The van der Waals surface area contributed by atoms with E-state index in [2.05, 4.69) is 5.32 Å². The first kappa shape index (κ1) is 16.1. The number of hydrogen-bond acceptors (Lipinski definition) is 2. The minimum Gasteiger partial charge on any atom is -0.493 e. The number of piperidine rings is 1. The Hall–Kier alpha value is -0.940. The highest BCUT2D eigenvalue weighted by Crippen LogP contribution is 2.30. The number of benzene rings is 1. The second kappa shape index (κ2) is 7.01. The highest BCUT2D eigenvalue weighted by atomic mass is 35.5. The van der Waals surface area contributed by atoms with Gasteiger partial charge in [-0.15, -0.1) is 12.4 Å². The molecule has 19 heavy (non-hydrogen) atoms. The van der Waals surface area contributed by atoms with E-state index >= 15 is 0 Å². The van der Waals surface area contributed by atoms with Gasteiger partial charge in [0.1, 0.15) is 5.75 Å². The maximum absolute atomic E-state index is 12.3. The van der Waals surface area contributed by atoms with Crippen molar-refractivity contribution in [3.05, 3.63) is 29.8 Å². The van der Waals surface area contributed by atoms with Crippen LogP contribution in [0.5, 0.6) is 5.75 Å². The van der Waals surface area contributed by atoms with Gasteiger partial charge in [-0.2, -0.15) is 13.2 Å². The van der Waals surface area contributed by atoms with Crippen LogP contribution < -0.4 is 10.1 Å². The molecule has 1 aromatic carbocycles. The Labute approximate surface area is 116 Å². The van der Waals surface area contributed by atoms with Gasteiger partial charge < -0.3 is 10.1 Å². The molecule has 1 fully saturated rings. The maximum Gasteiger partial charge on any atom is 0.416 e. The minimum atomic E-state index is -4.29. The Morgan fingerprint density at radius 2 is 1.89 bits per heavy atom. The third-order valence-electron chi connectivity index (χ3n) is 3.07. The van der Waals surface area contributed by atoms with Gasteiger partial charge in [0.05, 0.1) is 12.2 Å². The number of hydrogen-bond donors (Lipinski definition) is 1. The quantitative estimate of drug-likeness (QED) is 0.921. The van der Waals surface area contributed by atoms with E-state index in [1.54, 1.807) is 0 Å². The lowest BCUT2D eigenvalue weighted by molar-refractivity contribution is -0.137. The van der Waals surface area contributed by atoms with Gasteiger partial charge in [0.2, 0.25) is 0 Å². The molecule has 1 saturated heterocycles. The van der Waals surface area contributed by atoms with Crippen molar-refractivity contribution in [3.8, 4) is 5.75 Å². The van der Waals surface area contributed by atoms with Gasteiger partial charge in [0, 0.05) is 12.5 Å². The van der Waals surface area contributed by atoms with Crippen LogP contribution in [0.2, 0.25) is 0 Å². The first-order valence-electron chi connectivity index (χ1n) is 6.06. The van der Waals surface area contributed by atoms with Gasteiger partial charge in [0.15, 0.2) is 0 Å². The Bertz CT molecular complexity index is 374. The molecule has 0 spiro atoms. The van der Waals surface area contributed by atoms with Gasteiger partial charge >= 0.3 is 6.18 Å². The third kappa shape index (κ3) is 4.91. The van der Waals surface area contributed by atoms with Crippen LogP contribution >= 0.6 is 12.4 Å². The van der Waals surface area contributed by atoms with Crippen molar-refractivity contribution in [2.24, 2.45) is 5.92 Å². The maximum atomic E-state index is 12.3. The molecule has 108 valence electrons. The summed E-state index contributed by atoms with van der Waals surface area (Å²) >= 11 is 0. The predicted molar refractivity (Wildman–Crippen MR) is 69.8 cm³/mol. The molecule has 0 radical (unpaired) electrons.